The molecule has 2 fully saturated rings. The molecule has 0 amide bonds. The highest BCUT2D eigenvalue weighted by atomic mass is 19.2. The molecule has 2 saturated carbocycles. The first-order valence-electron chi connectivity index (χ1n) is 16.2. The molecule has 42 heavy (non-hydrogen) atoms. The van der Waals surface area contributed by atoms with E-state index >= 15 is 0 Å². The van der Waals surface area contributed by atoms with Crippen molar-refractivity contribution in [3.05, 3.63) is 89.3 Å². The van der Waals surface area contributed by atoms with Gasteiger partial charge in [0, 0.05) is 6.42 Å². The lowest BCUT2D eigenvalue weighted by atomic mass is 9.77. The first kappa shape index (κ1) is 32.4. The lowest BCUT2D eigenvalue weighted by Crippen LogP contribution is -2.18. The van der Waals surface area contributed by atoms with Gasteiger partial charge in [0.2, 0.25) is 0 Å². The Morgan fingerprint density at radius 2 is 1.43 bits per heavy atom. The third kappa shape index (κ3) is 9.47. The van der Waals surface area contributed by atoms with E-state index < -0.39 is 30.2 Å². The fraction of sp³-hybridized carbons (Fsp3) is 0.568. The van der Waals surface area contributed by atoms with Crippen LogP contribution in [0.5, 0.6) is 5.75 Å². The molecule has 230 valence electrons. The van der Waals surface area contributed by atoms with Gasteiger partial charge in [-0.15, -0.1) is 6.58 Å². The minimum atomic E-state index is -1.59. The third-order valence-corrected chi connectivity index (χ3v) is 9.55. The SMILES string of the molecule is C=CCCC1CCC(/C=C/C2CCC(CCc3ccc(CC(F)COc4ccc(CC)cc4F)c(F)c3F)CC2)CC1. The molecule has 2 aliphatic rings. The van der Waals surface area contributed by atoms with E-state index in [0.717, 1.165) is 55.9 Å². The highest BCUT2D eigenvalue weighted by molar-refractivity contribution is 5.30. The summed E-state index contributed by atoms with van der Waals surface area (Å²) in [6, 6.07) is 7.62. The number of allylic oxidation sites excluding steroid dienone is 3. The molecule has 1 nitrogen and oxygen atoms in total. The van der Waals surface area contributed by atoms with Gasteiger partial charge >= 0.3 is 0 Å². The first-order valence-corrected chi connectivity index (χ1v) is 16.2. The number of hydrogen-bond donors (Lipinski definition) is 0. The highest BCUT2D eigenvalue weighted by Gasteiger charge is 2.23. The Morgan fingerprint density at radius 3 is 2.02 bits per heavy atom. The van der Waals surface area contributed by atoms with Crippen LogP contribution in [-0.4, -0.2) is 12.8 Å². The quantitative estimate of drug-likeness (QED) is 0.159. The van der Waals surface area contributed by atoms with E-state index in [1.807, 2.05) is 13.0 Å². The largest absolute Gasteiger partial charge is 0.487 e. The summed E-state index contributed by atoms with van der Waals surface area (Å²) in [7, 11) is 0. The van der Waals surface area contributed by atoms with E-state index in [0.29, 0.717) is 30.2 Å². The summed E-state index contributed by atoms with van der Waals surface area (Å²) < 4.78 is 63.6. The second-order valence-electron chi connectivity index (χ2n) is 12.6. The van der Waals surface area contributed by atoms with Crippen LogP contribution < -0.4 is 4.74 Å². The molecule has 0 N–H and O–H groups in total. The Balaban J connectivity index is 1.17. The maximum absolute atomic E-state index is 14.9. The summed E-state index contributed by atoms with van der Waals surface area (Å²) in [4.78, 5) is 0. The van der Waals surface area contributed by atoms with Gasteiger partial charge in [0.15, 0.2) is 23.2 Å². The molecule has 0 saturated heterocycles. The average Bonchev–Trinajstić information content (AvgIpc) is 3.01. The summed E-state index contributed by atoms with van der Waals surface area (Å²) in [5.41, 5.74) is 1.15. The molecule has 2 aromatic rings. The van der Waals surface area contributed by atoms with Crippen LogP contribution in [0.15, 0.2) is 55.1 Å². The van der Waals surface area contributed by atoms with Crippen molar-refractivity contribution in [1.29, 1.82) is 0 Å². The Bertz CT molecular complexity index is 1160. The fourth-order valence-electron chi connectivity index (χ4n) is 6.71. The average molecular weight is 585 g/mol. The lowest BCUT2D eigenvalue weighted by molar-refractivity contribution is 0.188. The predicted octanol–water partition coefficient (Wildman–Crippen LogP) is 10.7. The maximum Gasteiger partial charge on any atom is 0.165 e. The molecule has 0 spiro atoms. The molecule has 0 aromatic heterocycles. The van der Waals surface area contributed by atoms with Gasteiger partial charge in [0.25, 0.3) is 0 Å². The van der Waals surface area contributed by atoms with Gasteiger partial charge in [-0.2, -0.15) is 0 Å². The standard InChI is InChI=1S/C37H48F4O/c1-3-5-6-27-7-9-28(10-8-27)11-12-29-13-15-30(16-14-29)17-19-31-20-21-32(37(41)36(31)40)24-33(38)25-42-35-22-18-26(4-2)23-34(35)39/h3,11-12,18,20-23,27-30,33H,1,4-10,13-17,19,24-25H2,2H3/b12-11+. The van der Waals surface area contributed by atoms with Crippen molar-refractivity contribution in [2.75, 3.05) is 6.61 Å². The maximum atomic E-state index is 14.9. The number of hydrogen-bond acceptors (Lipinski definition) is 1. The Morgan fingerprint density at radius 1 is 0.833 bits per heavy atom. The minimum Gasteiger partial charge on any atom is -0.487 e. The van der Waals surface area contributed by atoms with Crippen LogP contribution in [-0.2, 0) is 19.3 Å². The number of ether oxygens (including phenoxy) is 1. The first-order chi connectivity index (χ1) is 20.4. The van der Waals surface area contributed by atoms with Crippen molar-refractivity contribution in [3.63, 3.8) is 0 Å². The highest BCUT2D eigenvalue weighted by Crippen LogP contribution is 2.36. The summed E-state index contributed by atoms with van der Waals surface area (Å²) >= 11 is 0. The predicted molar refractivity (Wildman–Crippen MR) is 164 cm³/mol. The Kier molecular flexibility index (Phi) is 12.6. The van der Waals surface area contributed by atoms with Gasteiger partial charge in [-0.05, 0) is 136 Å². The van der Waals surface area contributed by atoms with Crippen molar-refractivity contribution in [2.45, 2.75) is 103 Å². The zero-order chi connectivity index (χ0) is 29.9. The molecular formula is C37H48F4O. The Hall–Kier alpha value is -2.56. The normalized spacial score (nSPS) is 23.6. The van der Waals surface area contributed by atoms with Gasteiger partial charge < -0.3 is 4.74 Å². The lowest BCUT2D eigenvalue weighted by Gasteiger charge is -2.29. The number of rotatable bonds is 14. The van der Waals surface area contributed by atoms with E-state index in [-0.39, 0.29) is 17.7 Å². The van der Waals surface area contributed by atoms with Crippen molar-refractivity contribution in [3.8, 4) is 5.75 Å². The van der Waals surface area contributed by atoms with Crippen molar-refractivity contribution in [2.24, 2.45) is 23.7 Å². The summed E-state index contributed by atoms with van der Waals surface area (Å²) in [5, 5.41) is 0. The zero-order valence-electron chi connectivity index (χ0n) is 25.2. The van der Waals surface area contributed by atoms with Crippen molar-refractivity contribution < 1.29 is 22.3 Å². The minimum absolute atomic E-state index is 0.0216. The number of alkyl halides is 1. The third-order valence-electron chi connectivity index (χ3n) is 9.55. The van der Waals surface area contributed by atoms with E-state index in [2.05, 4.69) is 18.7 Å². The molecular weight excluding hydrogens is 536 g/mol. The molecule has 2 aliphatic carbocycles. The number of benzene rings is 2. The van der Waals surface area contributed by atoms with Crippen LogP contribution >= 0.6 is 0 Å². The van der Waals surface area contributed by atoms with Gasteiger partial charge in [0.1, 0.15) is 12.8 Å². The molecule has 0 aliphatic heterocycles. The molecule has 1 atom stereocenters. The number of aryl methyl sites for hydroxylation is 2. The summed E-state index contributed by atoms with van der Waals surface area (Å²) in [5.74, 6) is 0.299. The van der Waals surface area contributed by atoms with Crippen molar-refractivity contribution in [1.82, 2.24) is 0 Å². The summed E-state index contributed by atoms with van der Waals surface area (Å²) in [6.45, 7) is 5.32. The van der Waals surface area contributed by atoms with Crippen molar-refractivity contribution >= 4 is 0 Å². The van der Waals surface area contributed by atoms with Gasteiger partial charge in [-0.25, -0.2) is 17.6 Å². The smallest absolute Gasteiger partial charge is 0.165 e. The van der Waals surface area contributed by atoms with Gasteiger partial charge in [-0.1, -0.05) is 43.4 Å². The van der Waals surface area contributed by atoms with E-state index in [1.54, 1.807) is 12.1 Å². The summed E-state index contributed by atoms with van der Waals surface area (Å²) in [6.07, 6.45) is 19.3. The topological polar surface area (TPSA) is 9.23 Å². The van der Waals surface area contributed by atoms with E-state index in [9.17, 15) is 17.6 Å². The monoisotopic (exact) mass is 584 g/mol. The van der Waals surface area contributed by atoms with E-state index in [1.165, 1.54) is 50.3 Å². The fourth-order valence-corrected chi connectivity index (χ4v) is 6.71. The van der Waals surface area contributed by atoms with Crippen LogP contribution in [0.1, 0.15) is 94.2 Å². The molecule has 0 radical (unpaired) electrons. The van der Waals surface area contributed by atoms with Crippen LogP contribution in [0.3, 0.4) is 0 Å². The van der Waals surface area contributed by atoms with Crippen LogP contribution in [0.4, 0.5) is 17.6 Å². The molecule has 4 rings (SSSR count). The van der Waals surface area contributed by atoms with Crippen LogP contribution in [0.25, 0.3) is 0 Å². The van der Waals surface area contributed by atoms with Gasteiger partial charge in [0.05, 0.1) is 0 Å². The molecule has 0 heterocycles. The van der Waals surface area contributed by atoms with Gasteiger partial charge in [-0.3, -0.25) is 0 Å². The molecule has 1 unspecified atom stereocenters. The van der Waals surface area contributed by atoms with E-state index in [4.69, 9.17) is 4.74 Å². The molecule has 2 aromatic carbocycles. The zero-order valence-corrected chi connectivity index (χ0v) is 25.2. The van der Waals surface area contributed by atoms with Crippen LogP contribution in [0.2, 0.25) is 0 Å². The molecule has 5 heteroatoms. The second-order valence-corrected chi connectivity index (χ2v) is 12.6. The second kappa shape index (κ2) is 16.3. The number of halogens is 4. The Labute approximate surface area is 250 Å². The van der Waals surface area contributed by atoms with Crippen LogP contribution in [0, 0.1) is 41.1 Å². The molecule has 0 bridgehead atoms.